The molecule has 0 heterocycles. The predicted molar refractivity (Wildman–Crippen MR) is 56.5 cm³/mol. The molecule has 17 heavy (non-hydrogen) atoms. The fraction of sp³-hybridized carbons (Fsp3) is 0. The zero-order valence-electron chi connectivity index (χ0n) is 8.55. The van der Waals surface area contributed by atoms with Gasteiger partial charge in [0.05, 0.1) is 11.6 Å². The Morgan fingerprint density at radius 1 is 0.941 bits per heavy atom. The van der Waals surface area contributed by atoms with Gasteiger partial charge in [-0.2, -0.15) is 5.26 Å². The number of nitrogens with zero attached hydrogens (tertiary/aromatic N) is 1. The molecular formula is C13H6F3N. The highest BCUT2D eigenvalue weighted by molar-refractivity contribution is 5.70. The van der Waals surface area contributed by atoms with Gasteiger partial charge in [0.15, 0.2) is 17.5 Å². The van der Waals surface area contributed by atoms with Gasteiger partial charge >= 0.3 is 0 Å². The van der Waals surface area contributed by atoms with Crippen molar-refractivity contribution in [2.45, 2.75) is 0 Å². The van der Waals surface area contributed by atoms with Crippen molar-refractivity contribution in [3.05, 3.63) is 59.4 Å². The maximum absolute atomic E-state index is 13.1. The van der Waals surface area contributed by atoms with Gasteiger partial charge in [0, 0.05) is 0 Å². The van der Waals surface area contributed by atoms with E-state index >= 15 is 0 Å². The van der Waals surface area contributed by atoms with Gasteiger partial charge in [-0.3, -0.25) is 0 Å². The summed E-state index contributed by atoms with van der Waals surface area (Å²) in [6, 6.07) is 9.99. The Morgan fingerprint density at radius 3 is 2.12 bits per heavy atom. The average Bonchev–Trinajstić information content (AvgIpc) is 2.35. The van der Waals surface area contributed by atoms with Gasteiger partial charge in [0.2, 0.25) is 0 Å². The zero-order chi connectivity index (χ0) is 12.4. The number of rotatable bonds is 1. The van der Waals surface area contributed by atoms with E-state index in [1.807, 2.05) is 6.07 Å². The summed E-state index contributed by atoms with van der Waals surface area (Å²) in [7, 11) is 0. The fourth-order valence-corrected chi connectivity index (χ4v) is 1.54. The number of nitriles is 1. The van der Waals surface area contributed by atoms with Crippen LogP contribution in [0.1, 0.15) is 5.56 Å². The highest BCUT2D eigenvalue weighted by Crippen LogP contribution is 2.26. The Morgan fingerprint density at radius 2 is 1.53 bits per heavy atom. The van der Waals surface area contributed by atoms with Crippen LogP contribution in [-0.4, -0.2) is 0 Å². The van der Waals surface area contributed by atoms with Gasteiger partial charge in [-0.1, -0.05) is 18.2 Å². The standard InChI is InChI=1S/C13H6F3N/c14-11-5-9(6-12(15)13(11)16)10-4-2-1-3-8(10)7-17/h1-6H. The van der Waals surface area contributed by atoms with E-state index in [-0.39, 0.29) is 11.1 Å². The minimum absolute atomic E-state index is 0.138. The topological polar surface area (TPSA) is 23.8 Å². The Balaban J connectivity index is 2.66. The maximum Gasteiger partial charge on any atom is 0.194 e. The lowest BCUT2D eigenvalue weighted by Gasteiger charge is -2.05. The van der Waals surface area contributed by atoms with Crippen LogP contribution < -0.4 is 0 Å². The summed E-state index contributed by atoms with van der Waals surface area (Å²) in [5.74, 6) is -4.05. The predicted octanol–water partition coefficient (Wildman–Crippen LogP) is 3.64. The molecule has 0 amide bonds. The Kier molecular flexibility index (Phi) is 2.84. The molecule has 84 valence electrons. The molecule has 0 radical (unpaired) electrons. The third kappa shape index (κ3) is 2.00. The van der Waals surface area contributed by atoms with Crippen molar-refractivity contribution in [2.24, 2.45) is 0 Å². The molecule has 0 N–H and O–H groups in total. The van der Waals surface area contributed by atoms with Crippen molar-refractivity contribution in [2.75, 3.05) is 0 Å². The first-order chi connectivity index (χ1) is 8.13. The number of hydrogen-bond acceptors (Lipinski definition) is 1. The van der Waals surface area contributed by atoms with E-state index in [1.54, 1.807) is 18.2 Å². The van der Waals surface area contributed by atoms with Crippen molar-refractivity contribution >= 4 is 0 Å². The lowest BCUT2D eigenvalue weighted by Crippen LogP contribution is -1.93. The van der Waals surface area contributed by atoms with Gasteiger partial charge in [-0.15, -0.1) is 0 Å². The number of benzene rings is 2. The lowest BCUT2D eigenvalue weighted by atomic mass is 10.0. The molecule has 0 aromatic heterocycles. The molecule has 0 bridgehead atoms. The summed E-state index contributed by atoms with van der Waals surface area (Å²) in [4.78, 5) is 0. The van der Waals surface area contributed by atoms with Gasteiger partial charge in [-0.05, 0) is 29.3 Å². The van der Waals surface area contributed by atoms with Gasteiger partial charge in [0.1, 0.15) is 0 Å². The Bertz CT molecular complexity index is 591. The van der Waals surface area contributed by atoms with Crippen molar-refractivity contribution < 1.29 is 13.2 Å². The molecule has 0 spiro atoms. The number of halogens is 3. The molecule has 0 saturated carbocycles. The molecule has 0 saturated heterocycles. The van der Waals surface area contributed by atoms with Crippen LogP contribution in [0, 0.1) is 28.8 Å². The molecule has 0 aliphatic rings. The first-order valence-electron chi connectivity index (χ1n) is 4.77. The van der Waals surface area contributed by atoms with E-state index in [4.69, 9.17) is 5.26 Å². The second-order valence-corrected chi connectivity index (χ2v) is 3.41. The summed E-state index contributed by atoms with van der Waals surface area (Å²) in [6.45, 7) is 0. The highest BCUT2D eigenvalue weighted by atomic mass is 19.2. The van der Waals surface area contributed by atoms with Crippen molar-refractivity contribution in [1.29, 1.82) is 5.26 Å². The third-order valence-corrected chi connectivity index (χ3v) is 2.34. The van der Waals surface area contributed by atoms with Crippen LogP contribution in [-0.2, 0) is 0 Å². The van der Waals surface area contributed by atoms with E-state index in [1.165, 1.54) is 6.07 Å². The largest absolute Gasteiger partial charge is 0.204 e. The van der Waals surface area contributed by atoms with Crippen LogP contribution in [0.4, 0.5) is 13.2 Å². The minimum atomic E-state index is -1.51. The van der Waals surface area contributed by atoms with Gasteiger partial charge in [0.25, 0.3) is 0 Å². The summed E-state index contributed by atoms with van der Waals surface area (Å²) in [5, 5.41) is 8.86. The summed E-state index contributed by atoms with van der Waals surface area (Å²) >= 11 is 0. The molecule has 0 aliphatic carbocycles. The molecule has 4 heteroatoms. The molecule has 0 atom stereocenters. The molecule has 2 aromatic rings. The van der Waals surface area contributed by atoms with E-state index in [9.17, 15) is 13.2 Å². The minimum Gasteiger partial charge on any atom is -0.204 e. The molecule has 0 fully saturated rings. The molecule has 0 aliphatic heterocycles. The first-order valence-corrected chi connectivity index (χ1v) is 4.77. The second-order valence-electron chi connectivity index (χ2n) is 3.41. The van der Waals surface area contributed by atoms with Crippen molar-refractivity contribution in [1.82, 2.24) is 0 Å². The molecule has 0 unspecified atom stereocenters. The van der Waals surface area contributed by atoms with E-state index in [0.29, 0.717) is 5.56 Å². The molecular weight excluding hydrogens is 227 g/mol. The normalized spacial score (nSPS) is 10.0. The lowest BCUT2D eigenvalue weighted by molar-refractivity contribution is 0.447. The SMILES string of the molecule is N#Cc1ccccc1-c1cc(F)c(F)c(F)c1. The molecule has 1 nitrogen and oxygen atoms in total. The quantitative estimate of drug-likeness (QED) is 0.690. The number of hydrogen-bond donors (Lipinski definition) is 0. The summed E-state index contributed by atoms with van der Waals surface area (Å²) in [5.41, 5.74) is 0.782. The van der Waals surface area contributed by atoms with Crippen LogP contribution >= 0.6 is 0 Å². The van der Waals surface area contributed by atoms with Crippen LogP contribution in [0.25, 0.3) is 11.1 Å². The van der Waals surface area contributed by atoms with Crippen LogP contribution in [0.2, 0.25) is 0 Å². The second kappa shape index (κ2) is 4.30. The molecule has 2 aromatic carbocycles. The monoisotopic (exact) mass is 233 g/mol. The van der Waals surface area contributed by atoms with Gasteiger partial charge in [-0.25, -0.2) is 13.2 Å². The molecule has 2 rings (SSSR count). The van der Waals surface area contributed by atoms with E-state index in [2.05, 4.69) is 0 Å². The third-order valence-electron chi connectivity index (χ3n) is 2.34. The fourth-order valence-electron chi connectivity index (χ4n) is 1.54. The van der Waals surface area contributed by atoms with Crippen LogP contribution in [0.15, 0.2) is 36.4 Å². The van der Waals surface area contributed by atoms with Crippen LogP contribution in [0.3, 0.4) is 0 Å². The van der Waals surface area contributed by atoms with Crippen molar-refractivity contribution in [3.63, 3.8) is 0 Å². The average molecular weight is 233 g/mol. The van der Waals surface area contributed by atoms with E-state index < -0.39 is 17.5 Å². The Hall–Kier alpha value is -2.28. The smallest absolute Gasteiger partial charge is 0.194 e. The van der Waals surface area contributed by atoms with Crippen LogP contribution in [0.5, 0.6) is 0 Å². The van der Waals surface area contributed by atoms with E-state index in [0.717, 1.165) is 12.1 Å². The summed E-state index contributed by atoms with van der Waals surface area (Å²) in [6.07, 6.45) is 0. The zero-order valence-corrected chi connectivity index (χ0v) is 8.55. The van der Waals surface area contributed by atoms with Gasteiger partial charge < -0.3 is 0 Å². The summed E-state index contributed by atoms with van der Waals surface area (Å²) < 4.78 is 38.9. The first kappa shape index (κ1) is 11.2. The Labute approximate surface area is 95.7 Å². The highest BCUT2D eigenvalue weighted by Gasteiger charge is 2.13. The maximum atomic E-state index is 13.1. The van der Waals surface area contributed by atoms with Crippen molar-refractivity contribution in [3.8, 4) is 17.2 Å².